The van der Waals surface area contributed by atoms with Crippen LogP contribution in [0.4, 0.5) is 0 Å². The van der Waals surface area contributed by atoms with Crippen molar-refractivity contribution < 1.29 is 5.11 Å². The second kappa shape index (κ2) is 5.84. The number of hydrogen-bond acceptors (Lipinski definition) is 2. The monoisotopic (exact) mass is 231 g/mol. The number of aryl methyl sites for hydroxylation is 1. The van der Waals surface area contributed by atoms with E-state index in [1.165, 1.54) is 0 Å². The van der Waals surface area contributed by atoms with Crippen molar-refractivity contribution in [3.63, 3.8) is 0 Å². The maximum Gasteiger partial charge on any atom is 0.107 e. The highest BCUT2D eigenvalue weighted by atomic mass is 16.3. The SMILES string of the molecule is CCc1cccnc1C(O)CC#CC(C)(C)C. The van der Waals surface area contributed by atoms with Gasteiger partial charge in [0.1, 0.15) is 6.10 Å². The summed E-state index contributed by atoms with van der Waals surface area (Å²) in [4.78, 5) is 4.25. The summed E-state index contributed by atoms with van der Waals surface area (Å²) in [6.07, 6.45) is 2.46. The van der Waals surface area contributed by atoms with Gasteiger partial charge in [-0.1, -0.05) is 24.8 Å². The van der Waals surface area contributed by atoms with E-state index in [9.17, 15) is 5.11 Å². The third-order valence-electron chi connectivity index (χ3n) is 2.38. The van der Waals surface area contributed by atoms with Crippen LogP contribution in [0.2, 0.25) is 0 Å². The van der Waals surface area contributed by atoms with Crippen molar-refractivity contribution in [2.45, 2.75) is 46.6 Å². The molecule has 0 aliphatic rings. The molecule has 1 aromatic heterocycles. The maximum atomic E-state index is 10.1. The zero-order valence-electron chi connectivity index (χ0n) is 11.1. The van der Waals surface area contributed by atoms with E-state index >= 15 is 0 Å². The average molecular weight is 231 g/mol. The van der Waals surface area contributed by atoms with E-state index in [1.807, 2.05) is 12.1 Å². The number of hydrogen-bond donors (Lipinski definition) is 1. The molecule has 2 heteroatoms. The first kappa shape index (κ1) is 13.7. The largest absolute Gasteiger partial charge is 0.386 e. The standard InChI is InChI=1S/C15H21NO/c1-5-12-8-7-11-16-14(12)13(17)9-6-10-15(2,3)4/h7-8,11,13,17H,5,9H2,1-4H3. The third-order valence-corrected chi connectivity index (χ3v) is 2.38. The van der Waals surface area contributed by atoms with Crippen LogP contribution in [-0.4, -0.2) is 10.1 Å². The Morgan fingerprint density at radius 3 is 2.71 bits per heavy atom. The van der Waals surface area contributed by atoms with Gasteiger partial charge in [-0.25, -0.2) is 0 Å². The predicted octanol–water partition coefficient (Wildman–Crippen LogP) is 3.12. The van der Waals surface area contributed by atoms with Crippen molar-refractivity contribution in [1.29, 1.82) is 0 Å². The summed E-state index contributed by atoms with van der Waals surface area (Å²) in [5, 5.41) is 10.1. The number of pyridine rings is 1. The summed E-state index contributed by atoms with van der Waals surface area (Å²) < 4.78 is 0. The number of rotatable bonds is 3. The molecule has 0 spiro atoms. The van der Waals surface area contributed by atoms with E-state index in [0.717, 1.165) is 17.7 Å². The Balaban J connectivity index is 2.75. The van der Waals surface area contributed by atoms with Crippen LogP contribution in [0.1, 0.15) is 51.5 Å². The van der Waals surface area contributed by atoms with Gasteiger partial charge in [-0.2, -0.15) is 0 Å². The lowest BCUT2D eigenvalue weighted by atomic mass is 9.97. The van der Waals surface area contributed by atoms with E-state index in [1.54, 1.807) is 6.20 Å². The minimum absolute atomic E-state index is 0.0164. The predicted molar refractivity (Wildman–Crippen MR) is 70.4 cm³/mol. The van der Waals surface area contributed by atoms with Gasteiger partial charge in [0.25, 0.3) is 0 Å². The molecule has 1 unspecified atom stereocenters. The zero-order chi connectivity index (χ0) is 12.9. The fourth-order valence-electron chi connectivity index (χ4n) is 1.56. The van der Waals surface area contributed by atoms with Crippen LogP contribution >= 0.6 is 0 Å². The van der Waals surface area contributed by atoms with Crippen LogP contribution in [0, 0.1) is 17.3 Å². The van der Waals surface area contributed by atoms with Crippen molar-refractivity contribution in [2.75, 3.05) is 0 Å². The molecule has 0 aromatic carbocycles. The number of aromatic nitrogens is 1. The van der Waals surface area contributed by atoms with E-state index in [4.69, 9.17) is 0 Å². The lowest BCUT2D eigenvalue weighted by Gasteiger charge is -2.11. The topological polar surface area (TPSA) is 33.1 Å². The van der Waals surface area contributed by atoms with Gasteiger partial charge in [0.05, 0.1) is 5.69 Å². The highest BCUT2D eigenvalue weighted by Crippen LogP contribution is 2.19. The number of nitrogens with zero attached hydrogens (tertiary/aromatic N) is 1. The van der Waals surface area contributed by atoms with Crippen molar-refractivity contribution in [2.24, 2.45) is 5.41 Å². The summed E-state index contributed by atoms with van der Waals surface area (Å²) >= 11 is 0. The lowest BCUT2D eigenvalue weighted by Crippen LogP contribution is -2.04. The van der Waals surface area contributed by atoms with Gasteiger partial charge in [-0.3, -0.25) is 4.98 Å². The van der Waals surface area contributed by atoms with Crippen molar-refractivity contribution in [3.05, 3.63) is 29.6 Å². The van der Waals surface area contributed by atoms with Crippen LogP contribution in [0.15, 0.2) is 18.3 Å². The van der Waals surface area contributed by atoms with Gasteiger partial charge < -0.3 is 5.11 Å². The minimum atomic E-state index is -0.582. The molecule has 1 rings (SSSR count). The van der Waals surface area contributed by atoms with E-state index in [-0.39, 0.29) is 5.41 Å². The Kier molecular flexibility index (Phi) is 4.72. The van der Waals surface area contributed by atoms with Gasteiger partial charge >= 0.3 is 0 Å². The molecule has 92 valence electrons. The Hall–Kier alpha value is -1.33. The number of aliphatic hydroxyl groups is 1. The molecule has 0 saturated carbocycles. The quantitative estimate of drug-likeness (QED) is 0.811. The summed E-state index contributed by atoms with van der Waals surface area (Å²) in [5.41, 5.74) is 1.84. The van der Waals surface area contributed by atoms with Gasteiger partial charge in [-0.05, 0) is 38.8 Å². The normalized spacial score (nSPS) is 12.8. The molecule has 0 aliphatic heterocycles. The van der Waals surface area contributed by atoms with Crippen LogP contribution in [0.5, 0.6) is 0 Å². The third kappa shape index (κ3) is 4.58. The molecule has 0 aliphatic carbocycles. The highest BCUT2D eigenvalue weighted by molar-refractivity contribution is 5.23. The molecule has 17 heavy (non-hydrogen) atoms. The Labute approximate surface area is 104 Å². The Morgan fingerprint density at radius 1 is 1.41 bits per heavy atom. The van der Waals surface area contributed by atoms with Gasteiger partial charge in [0, 0.05) is 18.0 Å². The molecule has 1 heterocycles. The Bertz CT molecular complexity index is 421. The molecule has 0 amide bonds. The van der Waals surface area contributed by atoms with Gasteiger partial charge in [0.2, 0.25) is 0 Å². The fourth-order valence-corrected chi connectivity index (χ4v) is 1.56. The molecule has 1 aromatic rings. The first-order valence-corrected chi connectivity index (χ1v) is 6.06. The van der Waals surface area contributed by atoms with Crippen LogP contribution in [0.3, 0.4) is 0 Å². The second-order valence-electron chi connectivity index (χ2n) is 5.17. The minimum Gasteiger partial charge on any atom is -0.386 e. The molecule has 0 bridgehead atoms. The molecular weight excluding hydrogens is 210 g/mol. The first-order chi connectivity index (χ1) is 7.94. The molecule has 0 radical (unpaired) electrons. The van der Waals surface area contributed by atoms with Crippen molar-refractivity contribution in [3.8, 4) is 11.8 Å². The van der Waals surface area contributed by atoms with Crippen LogP contribution in [0.25, 0.3) is 0 Å². The van der Waals surface area contributed by atoms with Gasteiger partial charge in [-0.15, -0.1) is 0 Å². The maximum absolute atomic E-state index is 10.1. The molecule has 1 atom stereocenters. The molecule has 2 nitrogen and oxygen atoms in total. The van der Waals surface area contributed by atoms with Crippen LogP contribution in [-0.2, 0) is 6.42 Å². The first-order valence-electron chi connectivity index (χ1n) is 6.06. The smallest absolute Gasteiger partial charge is 0.107 e. The molecule has 0 fully saturated rings. The average Bonchev–Trinajstić information content (AvgIpc) is 2.27. The Morgan fingerprint density at radius 2 is 2.12 bits per heavy atom. The van der Waals surface area contributed by atoms with Crippen molar-refractivity contribution >= 4 is 0 Å². The van der Waals surface area contributed by atoms with E-state index < -0.39 is 6.10 Å². The summed E-state index contributed by atoms with van der Waals surface area (Å²) in [7, 11) is 0. The lowest BCUT2D eigenvalue weighted by molar-refractivity contribution is 0.178. The summed E-state index contributed by atoms with van der Waals surface area (Å²) in [6.45, 7) is 8.24. The summed E-state index contributed by atoms with van der Waals surface area (Å²) in [6, 6.07) is 3.90. The van der Waals surface area contributed by atoms with Gasteiger partial charge in [0.15, 0.2) is 0 Å². The van der Waals surface area contributed by atoms with Crippen molar-refractivity contribution in [1.82, 2.24) is 4.98 Å². The van der Waals surface area contributed by atoms with E-state index in [0.29, 0.717) is 6.42 Å². The second-order valence-corrected chi connectivity index (χ2v) is 5.17. The van der Waals surface area contributed by atoms with Crippen LogP contribution < -0.4 is 0 Å². The van der Waals surface area contributed by atoms with E-state index in [2.05, 4.69) is 44.5 Å². The highest BCUT2D eigenvalue weighted by Gasteiger charge is 2.11. The molecular formula is C15H21NO. The molecule has 0 saturated heterocycles. The number of aliphatic hydroxyl groups excluding tert-OH is 1. The molecule has 1 N–H and O–H groups in total. The summed E-state index contributed by atoms with van der Waals surface area (Å²) in [5.74, 6) is 6.16. The fraction of sp³-hybridized carbons (Fsp3) is 0.533. The zero-order valence-corrected chi connectivity index (χ0v) is 11.1.